The van der Waals surface area contributed by atoms with Crippen molar-refractivity contribution < 1.29 is 31.5 Å². The largest absolute Gasteiger partial charge is 0.481 e. The molecule has 2 N–H and O–H groups in total. The fourth-order valence-electron chi connectivity index (χ4n) is 2.21. The molecule has 1 heterocycles. The summed E-state index contributed by atoms with van der Waals surface area (Å²) < 4.78 is 63.2. The van der Waals surface area contributed by atoms with Crippen molar-refractivity contribution in [1.82, 2.24) is 4.72 Å². The van der Waals surface area contributed by atoms with E-state index in [1.165, 1.54) is 0 Å². The highest BCUT2D eigenvalue weighted by molar-refractivity contribution is 7.91. The van der Waals surface area contributed by atoms with Gasteiger partial charge in [-0.25, -0.2) is 13.1 Å². The molecule has 0 radical (unpaired) electrons. The van der Waals surface area contributed by atoms with E-state index in [-0.39, 0.29) is 17.8 Å². The summed E-state index contributed by atoms with van der Waals surface area (Å²) in [4.78, 5) is 9.81. The van der Waals surface area contributed by atoms with Crippen molar-refractivity contribution in [3.63, 3.8) is 0 Å². The van der Waals surface area contributed by atoms with Gasteiger partial charge in [0.1, 0.15) is 9.09 Å². The summed E-state index contributed by atoms with van der Waals surface area (Å²) in [7, 11) is -4.06. The van der Waals surface area contributed by atoms with Crippen LogP contribution in [-0.2, 0) is 21.0 Å². The Bertz CT molecular complexity index is 638. The number of nitrogens with one attached hydrogen (secondary N) is 1. The minimum Gasteiger partial charge on any atom is -0.481 e. The van der Waals surface area contributed by atoms with Crippen molar-refractivity contribution in [1.29, 1.82) is 0 Å². The topological polar surface area (TPSA) is 83.5 Å². The molecule has 2 rings (SSSR count). The number of alkyl halides is 3. The van der Waals surface area contributed by atoms with Crippen LogP contribution in [0.25, 0.3) is 0 Å². The normalized spacial score (nSPS) is 23.4. The van der Waals surface area contributed by atoms with Gasteiger partial charge >= 0.3 is 12.1 Å². The fourth-order valence-corrected chi connectivity index (χ4v) is 4.68. The SMILES string of the molecule is O=C(O)[C@@H]1CC[C@H](NS(=O)(=O)c2ccc(C(F)(F)F)s2)C1. The van der Waals surface area contributed by atoms with Crippen molar-refractivity contribution >= 4 is 27.3 Å². The summed E-state index contributed by atoms with van der Waals surface area (Å²) in [6, 6.07) is 1.06. The number of carbonyl (C=O) groups is 1. The predicted octanol–water partition coefficient (Wildman–Crippen LogP) is 2.30. The average Bonchev–Trinajstić information content (AvgIpc) is 2.94. The van der Waals surface area contributed by atoms with E-state index in [4.69, 9.17) is 5.11 Å². The molecule has 1 aromatic heterocycles. The molecular formula is C11H12F3NO4S2. The molecule has 0 saturated heterocycles. The number of hydrogen-bond acceptors (Lipinski definition) is 4. The zero-order valence-corrected chi connectivity index (χ0v) is 12.2. The predicted molar refractivity (Wildman–Crippen MR) is 68.4 cm³/mol. The lowest BCUT2D eigenvalue weighted by Crippen LogP contribution is -2.32. The van der Waals surface area contributed by atoms with Crippen LogP contribution in [0.3, 0.4) is 0 Å². The summed E-state index contributed by atoms with van der Waals surface area (Å²) in [5, 5.41) is 8.84. The Balaban J connectivity index is 2.09. The van der Waals surface area contributed by atoms with Crippen LogP contribution in [0.4, 0.5) is 13.2 Å². The maximum absolute atomic E-state index is 12.5. The van der Waals surface area contributed by atoms with Gasteiger partial charge in [-0.05, 0) is 31.4 Å². The summed E-state index contributed by atoms with van der Waals surface area (Å²) in [5.74, 6) is -1.61. The average molecular weight is 343 g/mol. The first-order valence-electron chi connectivity index (χ1n) is 6.02. The lowest BCUT2D eigenvalue weighted by atomic mass is 10.1. The molecule has 10 heteroatoms. The van der Waals surface area contributed by atoms with Gasteiger partial charge in [0.15, 0.2) is 0 Å². The van der Waals surface area contributed by atoms with E-state index in [1.807, 2.05) is 0 Å². The lowest BCUT2D eigenvalue weighted by Gasteiger charge is -2.11. The van der Waals surface area contributed by atoms with Gasteiger partial charge in [0.2, 0.25) is 10.0 Å². The van der Waals surface area contributed by atoms with Crippen LogP contribution in [-0.4, -0.2) is 25.5 Å². The Kier molecular flexibility index (Phi) is 4.31. The number of halogens is 3. The third-order valence-electron chi connectivity index (χ3n) is 3.23. The molecule has 0 aliphatic heterocycles. The van der Waals surface area contributed by atoms with Gasteiger partial charge in [-0.3, -0.25) is 4.79 Å². The Morgan fingerprint density at radius 1 is 1.33 bits per heavy atom. The Labute approximate surface area is 122 Å². The smallest absolute Gasteiger partial charge is 0.425 e. The van der Waals surface area contributed by atoms with Gasteiger partial charge in [0.05, 0.1) is 5.92 Å². The molecule has 0 aromatic carbocycles. The highest BCUT2D eigenvalue weighted by atomic mass is 32.2. The van der Waals surface area contributed by atoms with Crippen molar-refractivity contribution in [2.24, 2.45) is 5.92 Å². The standard InChI is InChI=1S/C11H12F3NO4S2/c12-11(13,14)8-3-4-9(20-8)21(18,19)15-7-2-1-6(5-7)10(16)17/h3-4,6-7,15H,1-2,5H2,(H,16,17)/t6-,7+/m1/s1. The Morgan fingerprint density at radius 3 is 2.48 bits per heavy atom. The summed E-state index contributed by atoms with van der Waals surface area (Å²) in [5.41, 5.74) is 0. The van der Waals surface area contributed by atoms with E-state index in [0.717, 1.165) is 6.07 Å². The second-order valence-electron chi connectivity index (χ2n) is 4.78. The fraction of sp³-hybridized carbons (Fsp3) is 0.545. The second kappa shape index (κ2) is 5.58. The van der Waals surface area contributed by atoms with E-state index in [0.29, 0.717) is 18.9 Å². The van der Waals surface area contributed by atoms with E-state index < -0.39 is 43.2 Å². The van der Waals surface area contributed by atoms with E-state index in [2.05, 4.69) is 4.72 Å². The third kappa shape index (κ3) is 3.74. The third-order valence-corrected chi connectivity index (χ3v) is 6.37. The van der Waals surface area contributed by atoms with Crippen LogP contribution >= 0.6 is 11.3 Å². The van der Waals surface area contributed by atoms with Crippen LogP contribution in [0.5, 0.6) is 0 Å². The Morgan fingerprint density at radius 2 is 2.00 bits per heavy atom. The van der Waals surface area contributed by atoms with Gasteiger partial charge in [-0.15, -0.1) is 11.3 Å². The number of sulfonamides is 1. The van der Waals surface area contributed by atoms with Gasteiger partial charge in [0.25, 0.3) is 0 Å². The van der Waals surface area contributed by atoms with Crippen molar-refractivity contribution in [2.45, 2.75) is 35.7 Å². The molecule has 1 aliphatic rings. The zero-order chi connectivity index (χ0) is 15.8. The van der Waals surface area contributed by atoms with Crippen LogP contribution in [0, 0.1) is 5.92 Å². The maximum Gasteiger partial charge on any atom is 0.425 e. The first-order valence-corrected chi connectivity index (χ1v) is 8.32. The molecular weight excluding hydrogens is 331 g/mol. The van der Waals surface area contributed by atoms with Gasteiger partial charge < -0.3 is 5.11 Å². The minimum atomic E-state index is -4.58. The molecule has 1 saturated carbocycles. The number of rotatable bonds is 4. The number of carboxylic acid groups (broad SMARTS) is 1. The molecule has 5 nitrogen and oxygen atoms in total. The van der Waals surface area contributed by atoms with E-state index in [9.17, 15) is 26.4 Å². The molecule has 2 atom stereocenters. The first kappa shape index (κ1) is 16.2. The highest BCUT2D eigenvalue weighted by Crippen LogP contribution is 2.36. The van der Waals surface area contributed by atoms with E-state index in [1.54, 1.807) is 0 Å². The van der Waals surface area contributed by atoms with Gasteiger partial charge in [-0.1, -0.05) is 0 Å². The minimum absolute atomic E-state index is 0.145. The molecule has 0 amide bonds. The van der Waals surface area contributed by atoms with Crippen LogP contribution in [0.1, 0.15) is 24.1 Å². The number of carboxylic acids is 1. The monoisotopic (exact) mass is 343 g/mol. The molecule has 0 bridgehead atoms. The summed E-state index contributed by atoms with van der Waals surface area (Å²) in [6.45, 7) is 0. The van der Waals surface area contributed by atoms with E-state index >= 15 is 0 Å². The first-order chi connectivity index (χ1) is 9.59. The maximum atomic E-state index is 12.5. The van der Waals surface area contributed by atoms with Crippen molar-refractivity contribution in [3.8, 4) is 0 Å². The molecule has 21 heavy (non-hydrogen) atoms. The summed E-state index contributed by atoms with van der Waals surface area (Å²) in [6.07, 6.45) is -3.74. The number of aliphatic carboxylic acids is 1. The van der Waals surface area contributed by atoms with Crippen LogP contribution in [0.15, 0.2) is 16.3 Å². The molecule has 1 fully saturated rings. The lowest BCUT2D eigenvalue weighted by molar-refractivity contribution is -0.141. The molecule has 0 spiro atoms. The van der Waals surface area contributed by atoms with Gasteiger partial charge in [0, 0.05) is 6.04 Å². The quantitative estimate of drug-likeness (QED) is 0.879. The highest BCUT2D eigenvalue weighted by Gasteiger charge is 2.36. The number of hydrogen-bond donors (Lipinski definition) is 2. The van der Waals surface area contributed by atoms with Crippen molar-refractivity contribution in [3.05, 3.63) is 17.0 Å². The Hall–Kier alpha value is -1.13. The molecule has 118 valence electrons. The second-order valence-corrected chi connectivity index (χ2v) is 7.81. The number of thiophene rings is 1. The zero-order valence-electron chi connectivity index (χ0n) is 10.6. The summed E-state index contributed by atoms with van der Waals surface area (Å²) >= 11 is 0.145. The molecule has 1 aromatic rings. The molecule has 1 aliphatic carbocycles. The molecule has 0 unspecified atom stereocenters. The van der Waals surface area contributed by atoms with Crippen LogP contribution in [0.2, 0.25) is 0 Å². The van der Waals surface area contributed by atoms with Gasteiger partial charge in [-0.2, -0.15) is 13.2 Å². The van der Waals surface area contributed by atoms with Crippen molar-refractivity contribution in [2.75, 3.05) is 0 Å². The van der Waals surface area contributed by atoms with Crippen LogP contribution < -0.4 is 4.72 Å².